The van der Waals surface area contributed by atoms with Gasteiger partial charge in [0.1, 0.15) is 0 Å². The number of anilines is 3. The molecule has 7 aliphatic rings. The molecule has 0 N–H and O–H groups in total. The summed E-state index contributed by atoms with van der Waals surface area (Å²) in [6, 6.07) is 41.5. The minimum atomic E-state index is 0.104. The van der Waals surface area contributed by atoms with Gasteiger partial charge in [-0.25, -0.2) is 0 Å². The van der Waals surface area contributed by atoms with Crippen LogP contribution in [-0.4, -0.2) is 0 Å². The zero-order valence-electron chi connectivity index (χ0n) is 36.3. The average molecular weight is 782 g/mol. The fourth-order valence-corrected chi connectivity index (χ4v) is 15.1. The third-order valence-electron chi connectivity index (χ3n) is 17.1. The molecule has 4 saturated carbocycles. The molecule has 5 aromatic carbocycles. The molecule has 4 fully saturated rings. The highest BCUT2D eigenvalue weighted by molar-refractivity contribution is 7.99. The molecule has 4 bridgehead atoms. The second-order valence-corrected chi connectivity index (χ2v) is 23.4. The van der Waals surface area contributed by atoms with Gasteiger partial charge in [0.25, 0.3) is 0 Å². The van der Waals surface area contributed by atoms with Crippen LogP contribution in [0.3, 0.4) is 0 Å². The van der Waals surface area contributed by atoms with E-state index in [-0.39, 0.29) is 27.1 Å². The summed E-state index contributed by atoms with van der Waals surface area (Å²) in [5, 5.41) is 0. The molecule has 58 heavy (non-hydrogen) atoms. The molecular weight excluding hydrogens is 719 g/mol. The second-order valence-electron chi connectivity index (χ2n) is 22.3. The quantitative estimate of drug-likeness (QED) is 0.179. The molecule has 1 spiro atoms. The molecule has 1 nitrogen and oxygen atoms in total. The Labute approximate surface area is 353 Å². The third-order valence-corrected chi connectivity index (χ3v) is 18.3. The Hall–Kier alpha value is -3.75. The lowest BCUT2D eigenvalue weighted by Gasteiger charge is -2.63. The van der Waals surface area contributed by atoms with Gasteiger partial charge in [-0.15, -0.1) is 0 Å². The smallest absolute Gasteiger partial charge is 0.0604 e. The summed E-state index contributed by atoms with van der Waals surface area (Å²) >= 11 is 2.04. The van der Waals surface area contributed by atoms with E-state index in [2.05, 4.69) is 163 Å². The summed E-state index contributed by atoms with van der Waals surface area (Å²) in [5.74, 6) is 3.30. The van der Waals surface area contributed by atoms with Crippen LogP contribution in [0.5, 0.6) is 0 Å². The molecule has 1 aliphatic heterocycles. The molecule has 0 saturated heterocycles. The topological polar surface area (TPSA) is 3.24 Å². The van der Waals surface area contributed by atoms with Gasteiger partial charge in [-0.1, -0.05) is 134 Å². The molecule has 2 heteroatoms. The Bertz CT molecular complexity index is 2430. The van der Waals surface area contributed by atoms with Gasteiger partial charge in [0, 0.05) is 26.6 Å². The summed E-state index contributed by atoms with van der Waals surface area (Å²) in [6.45, 7) is 19.6. The fourth-order valence-electron chi connectivity index (χ4n) is 13.8. The van der Waals surface area contributed by atoms with Crippen molar-refractivity contribution < 1.29 is 0 Å². The summed E-state index contributed by atoms with van der Waals surface area (Å²) in [5.41, 5.74) is 16.6. The van der Waals surface area contributed by atoms with Crippen molar-refractivity contribution in [3.63, 3.8) is 0 Å². The van der Waals surface area contributed by atoms with Crippen LogP contribution in [0, 0.1) is 23.7 Å². The maximum absolute atomic E-state index is 2.64. The number of hydrogen-bond donors (Lipinski definition) is 0. The van der Waals surface area contributed by atoms with Crippen LogP contribution in [0.25, 0.3) is 11.1 Å². The van der Waals surface area contributed by atoms with Gasteiger partial charge < -0.3 is 4.90 Å². The van der Waals surface area contributed by atoms with Crippen molar-refractivity contribution in [2.45, 2.75) is 150 Å². The highest BCUT2D eigenvalue weighted by Crippen LogP contribution is 2.69. The maximum atomic E-state index is 2.64. The fraction of sp³-hybridized carbons (Fsp3) is 0.464. The van der Waals surface area contributed by atoms with Gasteiger partial charge in [0.15, 0.2) is 0 Å². The predicted molar refractivity (Wildman–Crippen MR) is 246 cm³/mol. The van der Waals surface area contributed by atoms with Gasteiger partial charge >= 0.3 is 0 Å². The lowest BCUT2D eigenvalue weighted by atomic mass is 9.42. The molecule has 0 amide bonds. The zero-order valence-corrected chi connectivity index (χ0v) is 37.2. The minimum Gasteiger partial charge on any atom is -0.309 e. The number of nitrogens with zero attached hydrogens (tertiary/aromatic N) is 1. The predicted octanol–water partition coefficient (Wildman–Crippen LogP) is 15.7. The minimum absolute atomic E-state index is 0.104. The molecule has 6 aliphatic carbocycles. The van der Waals surface area contributed by atoms with Crippen LogP contribution in [0.2, 0.25) is 0 Å². The Balaban J connectivity index is 1.09. The van der Waals surface area contributed by atoms with E-state index in [1.807, 2.05) is 11.8 Å². The monoisotopic (exact) mass is 781 g/mol. The standard InChI is InChI=1S/C56H63NS/c1-52(2)24-26-54(5,6)47-33-38(18-22-43(47)52)37-16-19-41(20-17-37)57(42-21-23-44-48(34-42)55(7,8)27-25-53(44,3)4)49-14-11-13-46-51(49)58-50-15-10-9-12-45(50)56(46)39-29-35-28-36(31-39)32-40(56)30-35/h9-23,33-36,39-40H,24-32H2,1-8H3. The third kappa shape index (κ3) is 5.41. The number of fused-ring (bicyclic) bond motifs is 4. The summed E-state index contributed by atoms with van der Waals surface area (Å²) in [4.78, 5) is 5.61. The van der Waals surface area contributed by atoms with Gasteiger partial charge in [-0.2, -0.15) is 0 Å². The molecule has 0 aromatic heterocycles. The lowest BCUT2D eigenvalue weighted by Crippen LogP contribution is -2.57. The SMILES string of the molecule is CC1(C)CCC(C)(C)c2cc(-c3ccc(N(c4ccc5c(c4)C(C)(C)CCC5(C)C)c4cccc5c4Sc4ccccc4C54C5CC6CC(C5)CC4C6)cc3)ccc21. The first-order valence-electron chi connectivity index (χ1n) is 22.8. The van der Waals surface area contributed by atoms with E-state index in [9.17, 15) is 0 Å². The van der Waals surface area contributed by atoms with Crippen LogP contribution in [0.1, 0.15) is 147 Å². The van der Waals surface area contributed by atoms with Crippen LogP contribution >= 0.6 is 11.8 Å². The van der Waals surface area contributed by atoms with E-state index in [1.54, 1.807) is 11.1 Å². The number of rotatable bonds is 4. The summed E-state index contributed by atoms with van der Waals surface area (Å²) < 4.78 is 0. The van der Waals surface area contributed by atoms with Crippen molar-refractivity contribution in [3.05, 3.63) is 137 Å². The summed E-state index contributed by atoms with van der Waals surface area (Å²) in [7, 11) is 0. The Morgan fingerprint density at radius 1 is 0.448 bits per heavy atom. The van der Waals surface area contributed by atoms with Crippen molar-refractivity contribution in [1.82, 2.24) is 0 Å². The molecule has 5 aromatic rings. The van der Waals surface area contributed by atoms with Crippen molar-refractivity contribution in [1.29, 1.82) is 0 Å². The molecular formula is C56H63NS. The first-order valence-corrected chi connectivity index (χ1v) is 23.6. The van der Waals surface area contributed by atoms with Crippen molar-refractivity contribution >= 4 is 28.8 Å². The maximum Gasteiger partial charge on any atom is 0.0604 e. The van der Waals surface area contributed by atoms with Crippen LogP contribution in [0.4, 0.5) is 17.1 Å². The van der Waals surface area contributed by atoms with Crippen LogP contribution in [-0.2, 0) is 27.1 Å². The Morgan fingerprint density at radius 3 is 1.60 bits per heavy atom. The highest BCUT2D eigenvalue weighted by Gasteiger charge is 2.61. The van der Waals surface area contributed by atoms with E-state index in [4.69, 9.17) is 0 Å². The van der Waals surface area contributed by atoms with E-state index >= 15 is 0 Å². The van der Waals surface area contributed by atoms with E-state index in [0.29, 0.717) is 0 Å². The van der Waals surface area contributed by atoms with Crippen molar-refractivity contribution in [3.8, 4) is 11.1 Å². The van der Waals surface area contributed by atoms with E-state index < -0.39 is 0 Å². The molecule has 0 radical (unpaired) electrons. The normalized spacial score (nSPS) is 28.6. The van der Waals surface area contributed by atoms with Crippen LogP contribution in [0.15, 0.2) is 113 Å². The second kappa shape index (κ2) is 12.6. The Kier molecular flexibility index (Phi) is 8.12. The van der Waals surface area contributed by atoms with Gasteiger partial charge in [-0.3, -0.25) is 0 Å². The zero-order chi connectivity index (χ0) is 40.0. The summed E-state index contributed by atoms with van der Waals surface area (Å²) in [6.07, 6.45) is 12.0. The first kappa shape index (κ1) is 37.3. The molecule has 12 rings (SSSR count). The van der Waals surface area contributed by atoms with Gasteiger partial charge in [-0.05, 0) is 184 Å². The number of benzene rings is 5. The molecule has 0 atom stereocenters. The first-order chi connectivity index (χ1) is 27.7. The van der Waals surface area contributed by atoms with E-state index in [1.165, 1.54) is 118 Å². The van der Waals surface area contributed by atoms with Crippen LogP contribution < -0.4 is 4.90 Å². The lowest BCUT2D eigenvalue weighted by molar-refractivity contribution is -0.0443. The van der Waals surface area contributed by atoms with E-state index in [0.717, 1.165) is 23.7 Å². The number of hydrogen-bond acceptors (Lipinski definition) is 2. The van der Waals surface area contributed by atoms with Crippen molar-refractivity contribution in [2.24, 2.45) is 23.7 Å². The van der Waals surface area contributed by atoms with Gasteiger partial charge in [0.05, 0.1) is 5.69 Å². The molecule has 1 heterocycles. The molecule has 0 unspecified atom stereocenters. The van der Waals surface area contributed by atoms with Crippen molar-refractivity contribution in [2.75, 3.05) is 4.90 Å². The molecule has 298 valence electrons. The van der Waals surface area contributed by atoms with Gasteiger partial charge in [0.2, 0.25) is 0 Å². The Morgan fingerprint density at radius 2 is 0.966 bits per heavy atom. The highest BCUT2D eigenvalue weighted by atomic mass is 32.2. The average Bonchev–Trinajstić information content (AvgIpc) is 3.20. The largest absolute Gasteiger partial charge is 0.309 e.